The van der Waals surface area contributed by atoms with Gasteiger partial charge in [0.25, 0.3) is 0 Å². The molecule has 13 heteroatoms. The highest BCUT2D eigenvalue weighted by atomic mass is 32.2. The van der Waals surface area contributed by atoms with Crippen molar-refractivity contribution in [2.75, 3.05) is 44.2 Å². The van der Waals surface area contributed by atoms with E-state index in [0.29, 0.717) is 19.6 Å². The molecule has 9 nitrogen and oxygen atoms in total. The minimum Gasteiger partial charge on any atom is -0.475 e. The molecule has 0 radical (unpaired) electrons. The van der Waals surface area contributed by atoms with Crippen LogP contribution in [-0.2, 0) is 19.6 Å². The number of rotatable bonds is 4. The predicted molar refractivity (Wildman–Crippen MR) is 134 cm³/mol. The van der Waals surface area contributed by atoms with Gasteiger partial charge in [0.15, 0.2) is 0 Å². The first kappa shape index (κ1) is 29.4. The predicted octanol–water partition coefficient (Wildman–Crippen LogP) is 2.94. The van der Waals surface area contributed by atoms with Crippen LogP contribution in [0.5, 0.6) is 0 Å². The summed E-state index contributed by atoms with van der Waals surface area (Å²) in [6, 6.07) is 9.62. The molecule has 0 bridgehead atoms. The van der Waals surface area contributed by atoms with Crippen LogP contribution in [0, 0.1) is 25.7 Å². The normalized spacial score (nSPS) is 20.6. The Balaban J connectivity index is 0.000000505. The van der Waals surface area contributed by atoms with E-state index in [1.807, 2.05) is 11.8 Å². The Morgan fingerprint density at radius 2 is 1.68 bits per heavy atom. The minimum absolute atomic E-state index is 0.0176. The first-order chi connectivity index (χ1) is 17.7. The molecular weight excluding hydrogens is 525 g/mol. The van der Waals surface area contributed by atoms with E-state index in [-0.39, 0.29) is 29.2 Å². The van der Waals surface area contributed by atoms with E-state index in [1.54, 1.807) is 18.3 Å². The summed E-state index contributed by atoms with van der Waals surface area (Å²) in [5, 5.41) is 7.12. The number of aryl methyl sites for hydroxylation is 2. The lowest BCUT2D eigenvalue weighted by Gasteiger charge is -2.38. The summed E-state index contributed by atoms with van der Waals surface area (Å²) in [7, 11) is -3.63. The van der Waals surface area contributed by atoms with E-state index in [0.717, 1.165) is 13.1 Å². The molecule has 2 saturated heterocycles. The van der Waals surface area contributed by atoms with Crippen molar-refractivity contribution < 1.29 is 36.3 Å². The van der Waals surface area contributed by atoms with Crippen molar-refractivity contribution in [3.8, 4) is 0 Å². The number of hydrogen-bond donors (Lipinski definition) is 1. The monoisotopic (exact) mass is 556 g/mol. The number of hydrogen-bond acceptors (Lipinski definition) is 6. The third-order valence-electron chi connectivity index (χ3n) is 6.71. The van der Waals surface area contributed by atoms with Crippen LogP contribution in [0.25, 0.3) is 0 Å². The number of carboxylic acid groups (broad SMARTS) is 1. The van der Waals surface area contributed by atoms with E-state index in [2.05, 4.69) is 41.9 Å². The second-order valence-electron chi connectivity index (χ2n) is 9.50. The van der Waals surface area contributed by atoms with Gasteiger partial charge in [0.2, 0.25) is 15.9 Å². The van der Waals surface area contributed by atoms with Crippen LogP contribution in [-0.4, -0.2) is 85.0 Å². The Morgan fingerprint density at radius 3 is 2.24 bits per heavy atom. The van der Waals surface area contributed by atoms with Crippen LogP contribution in [0.15, 0.2) is 47.6 Å². The highest BCUT2D eigenvalue weighted by Crippen LogP contribution is 2.30. The number of piperazine rings is 1. The van der Waals surface area contributed by atoms with Gasteiger partial charge in [-0.15, -0.1) is 0 Å². The Labute approximate surface area is 219 Å². The molecule has 1 amide bonds. The van der Waals surface area contributed by atoms with Crippen LogP contribution in [0.3, 0.4) is 0 Å². The third-order valence-corrected chi connectivity index (χ3v) is 8.52. The highest BCUT2D eigenvalue weighted by molar-refractivity contribution is 7.89. The summed E-state index contributed by atoms with van der Waals surface area (Å²) in [6.45, 7) is 9.65. The van der Waals surface area contributed by atoms with Crippen LogP contribution < -0.4 is 4.90 Å². The number of sulfonamides is 1. The highest BCUT2D eigenvalue weighted by Gasteiger charge is 2.42. The van der Waals surface area contributed by atoms with Crippen molar-refractivity contribution in [1.82, 2.24) is 14.2 Å². The SMILES string of the molecule is Cc1ccc(C)c(N2CCN(C(=O)[C@@H]3CN(S(=O)(=O)c4cccnc4)C[C@H]3C)CC2)c1.O=C(O)C(F)(F)F. The van der Waals surface area contributed by atoms with Crippen molar-refractivity contribution in [3.63, 3.8) is 0 Å². The van der Waals surface area contributed by atoms with E-state index in [9.17, 15) is 26.4 Å². The first-order valence-electron chi connectivity index (χ1n) is 12.0. The molecule has 2 aliphatic heterocycles. The van der Waals surface area contributed by atoms with Gasteiger partial charge in [-0.3, -0.25) is 9.78 Å². The number of halogens is 3. The number of benzene rings is 1. The number of amides is 1. The lowest BCUT2D eigenvalue weighted by atomic mass is 9.96. The molecule has 1 N–H and O–H groups in total. The van der Waals surface area contributed by atoms with E-state index in [4.69, 9.17) is 9.90 Å². The molecule has 0 spiro atoms. The van der Waals surface area contributed by atoms with Gasteiger partial charge in [0.1, 0.15) is 4.90 Å². The fourth-order valence-corrected chi connectivity index (χ4v) is 6.08. The molecule has 1 aromatic carbocycles. The quantitative estimate of drug-likeness (QED) is 0.617. The van der Waals surface area contributed by atoms with Gasteiger partial charge in [-0.25, -0.2) is 13.2 Å². The average Bonchev–Trinajstić information content (AvgIpc) is 3.28. The standard InChI is InChI=1S/C23H30N4O3S.C2HF3O2/c1-17-6-7-18(2)22(13-17)25-9-11-26(12-10-25)23(28)21-16-27(15-19(21)3)31(29,30)20-5-4-8-24-14-20;3-2(4,5)1(6)7/h4-8,13-14,19,21H,9-12,15-16H2,1-3H3;(H,6,7)/t19-,21-;/m1./s1. The first-order valence-corrected chi connectivity index (χ1v) is 13.5. The van der Waals surface area contributed by atoms with Gasteiger partial charge >= 0.3 is 12.1 Å². The Kier molecular flexibility index (Phi) is 9.03. The summed E-state index contributed by atoms with van der Waals surface area (Å²) in [6.07, 6.45) is -2.17. The molecular formula is C25H31F3N4O5S. The molecule has 2 aromatic rings. The average molecular weight is 557 g/mol. The number of pyridine rings is 1. The summed E-state index contributed by atoms with van der Waals surface area (Å²) < 4.78 is 59.0. The van der Waals surface area contributed by atoms with Gasteiger partial charge in [0, 0.05) is 57.3 Å². The molecule has 2 fully saturated rings. The maximum Gasteiger partial charge on any atom is 0.490 e. The molecule has 0 aliphatic carbocycles. The lowest BCUT2D eigenvalue weighted by molar-refractivity contribution is -0.192. The van der Waals surface area contributed by atoms with Crippen molar-refractivity contribution in [1.29, 1.82) is 0 Å². The molecule has 0 unspecified atom stereocenters. The second-order valence-corrected chi connectivity index (χ2v) is 11.4. The lowest BCUT2D eigenvalue weighted by Crippen LogP contribution is -2.51. The maximum atomic E-state index is 13.3. The van der Waals surface area contributed by atoms with Crippen LogP contribution in [0.4, 0.5) is 18.9 Å². The minimum atomic E-state index is -5.08. The molecule has 4 rings (SSSR count). The summed E-state index contributed by atoms with van der Waals surface area (Å²) in [5.74, 6) is -3.01. The van der Waals surface area contributed by atoms with Crippen LogP contribution >= 0.6 is 0 Å². The van der Waals surface area contributed by atoms with Crippen LogP contribution in [0.2, 0.25) is 0 Å². The Morgan fingerprint density at radius 1 is 1.05 bits per heavy atom. The van der Waals surface area contributed by atoms with E-state index >= 15 is 0 Å². The van der Waals surface area contributed by atoms with Gasteiger partial charge in [0.05, 0.1) is 5.92 Å². The summed E-state index contributed by atoms with van der Waals surface area (Å²) in [5.41, 5.74) is 3.70. The maximum absolute atomic E-state index is 13.3. The molecule has 2 aliphatic rings. The second kappa shape index (κ2) is 11.7. The zero-order chi connectivity index (χ0) is 28.3. The fraction of sp³-hybridized carbons (Fsp3) is 0.480. The number of nitrogens with zero attached hydrogens (tertiary/aromatic N) is 4. The smallest absolute Gasteiger partial charge is 0.475 e. The largest absolute Gasteiger partial charge is 0.490 e. The molecule has 38 heavy (non-hydrogen) atoms. The van der Waals surface area contributed by atoms with Crippen molar-refractivity contribution in [3.05, 3.63) is 53.9 Å². The Hall–Kier alpha value is -3.19. The molecule has 0 saturated carbocycles. The van der Waals surface area contributed by atoms with E-state index in [1.165, 1.54) is 27.3 Å². The molecule has 2 atom stereocenters. The van der Waals surface area contributed by atoms with Gasteiger partial charge in [-0.2, -0.15) is 17.5 Å². The molecule has 208 valence electrons. The summed E-state index contributed by atoms with van der Waals surface area (Å²) >= 11 is 0. The number of carbonyl (C=O) groups excluding carboxylic acids is 1. The number of carbonyl (C=O) groups is 2. The number of anilines is 1. The van der Waals surface area contributed by atoms with Gasteiger partial charge < -0.3 is 14.9 Å². The van der Waals surface area contributed by atoms with E-state index < -0.39 is 22.2 Å². The number of aliphatic carboxylic acids is 1. The zero-order valence-corrected chi connectivity index (χ0v) is 22.2. The summed E-state index contributed by atoms with van der Waals surface area (Å²) in [4.78, 5) is 30.5. The third kappa shape index (κ3) is 6.81. The van der Waals surface area contributed by atoms with Gasteiger partial charge in [-0.1, -0.05) is 19.1 Å². The van der Waals surface area contributed by atoms with Crippen molar-refractivity contribution in [2.45, 2.75) is 31.8 Å². The molecule has 1 aromatic heterocycles. The van der Waals surface area contributed by atoms with Gasteiger partial charge in [-0.05, 0) is 49.1 Å². The fourth-order valence-electron chi connectivity index (χ4n) is 4.55. The molecule has 3 heterocycles. The number of aromatic nitrogens is 1. The topological polar surface area (TPSA) is 111 Å². The zero-order valence-electron chi connectivity index (χ0n) is 21.3. The van der Waals surface area contributed by atoms with Crippen molar-refractivity contribution in [2.24, 2.45) is 11.8 Å². The number of carboxylic acids is 1. The van der Waals surface area contributed by atoms with Crippen LogP contribution in [0.1, 0.15) is 18.1 Å². The van der Waals surface area contributed by atoms with Crippen molar-refractivity contribution >= 4 is 27.6 Å². The Bertz CT molecular complexity index is 1250. The number of alkyl halides is 3.